The van der Waals surface area contributed by atoms with E-state index in [2.05, 4.69) is 20.1 Å². The van der Waals surface area contributed by atoms with Crippen LogP contribution in [0.5, 0.6) is 5.75 Å². The largest absolute Gasteiger partial charge is 0.479 e. The van der Waals surface area contributed by atoms with E-state index >= 15 is 0 Å². The van der Waals surface area contributed by atoms with Gasteiger partial charge in [0.15, 0.2) is 6.10 Å². The summed E-state index contributed by atoms with van der Waals surface area (Å²) in [7, 11) is 0. The standard InChI is InChI=1S/C19H25ClN4O3/c1-13(19(25)26)27-17-8-7-14(9-16(17)20)10-21-11-18-23-22-12-24(18)15-5-3-2-4-6-15/h7-9,12-13,15,21H,2-6,10-11H2,1H3,(H,25,26). The second-order valence-corrected chi connectivity index (χ2v) is 7.32. The normalized spacial score (nSPS) is 16.2. The third-order valence-electron chi connectivity index (χ3n) is 4.88. The predicted molar refractivity (Wildman–Crippen MR) is 102 cm³/mol. The highest BCUT2D eigenvalue weighted by Crippen LogP contribution is 2.29. The molecule has 1 aliphatic carbocycles. The molecule has 1 heterocycles. The Bertz CT molecular complexity index is 774. The van der Waals surface area contributed by atoms with Crippen LogP contribution in [0.3, 0.4) is 0 Å². The molecule has 1 aromatic carbocycles. The smallest absolute Gasteiger partial charge is 0.344 e. The molecular weight excluding hydrogens is 368 g/mol. The van der Waals surface area contributed by atoms with Crippen LogP contribution in [0.4, 0.5) is 0 Å². The maximum absolute atomic E-state index is 10.9. The van der Waals surface area contributed by atoms with E-state index < -0.39 is 12.1 Å². The molecule has 0 saturated heterocycles. The molecular formula is C19H25ClN4O3. The third-order valence-corrected chi connectivity index (χ3v) is 5.17. The zero-order chi connectivity index (χ0) is 19.2. The molecule has 0 bridgehead atoms. The average Bonchev–Trinajstić information content (AvgIpc) is 3.13. The summed E-state index contributed by atoms with van der Waals surface area (Å²) in [5.41, 5.74) is 0.985. The van der Waals surface area contributed by atoms with E-state index in [1.165, 1.54) is 39.0 Å². The van der Waals surface area contributed by atoms with Crippen LogP contribution in [0.1, 0.15) is 56.5 Å². The monoisotopic (exact) mass is 392 g/mol. The fourth-order valence-corrected chi connectivity index (χ4v) is 3.61. The quantitative estimate of drug-likeness (QED) is 0.713. The number of hydrogen-bond acceptors (Lipinski definition) is 5. The van der Waals surface area contributed by atoms with Crippen LogP contribution in [-0.2, 0) is 17.9 Å². The van der Waals surface area contributed by atoms with Crippen molar-refractivity contribution in [2.75, 3.05) is 0 Å². The first kappa shape index (κ1) is 19.6. The molecule has 1 saturated carbocycles. The van der Waals surface area contributed by atoms with E-state index in [4.69, 9.17) is 21.4 Å². The summed E-state index contributed by atoms with van der Waals surface area (Å²) in [5.74, 6) is 0.287. The van der Waals surface area contributed by atoms with E-state index in [0.717, 1.165) is 11.4 Å². The van der Waals surface area contributed by atoms with Gasteiger partial charge in [0.25, 0.3) is 0 Å². The van der Waals surface area contributed by atoms with Crippen LogP contribution in [0.15, 0.2) is 24.5 Å². The van der Waals surface area contributed by atoms with Gasteiger partial charge in [-0.25, -0.2) is 4.79 Å². The minimum atomic E-state index is -1.03. The Morgan fingerprint density at radius 2 is 2.15 bits per heavy atom. The van der Waals surface area contributed by atoms with Crippen LogP contribution in [-0.4, -0.2) is 31.9 Å². The van der Waals surface area contributed by atoms with Gasteiger partial charge in [-0.3, -0.25) is 0 Å². The van der Waals surface area contributed by atoms with E-state index in [0.29, 0.717) is 29.9 Å². The number of carbonyl (C=O) groups is 1. The van der Waals surface area contributed by atoms with Gasteiger partial charge >= 0.3 is 5.97 Å². The van der Waals surface area contributed by atoms with Crippen LogP contribution >= 0.6 is 11.6 Å². The van der Waals surface area contributed by atoms with Gasteiger partial charge in [0.05, 0.1) is 11.6 Å². The number of aliphatic carboxylic acids is 1. The van der Waals surface area contributed by atoms with Crippen LogP contribution in [0, 0.1) is 0 Å². The minimum absolute atomic E-state index is 0.368. The molecule has 2 aromatic rings. The Balaban J connectivity index is 1.54. The second kappa shape index (κ2) is 9.19. The summed E-state index contributed by atoms with van der Waals surface area (Å²) in [6.07, 6.45) is 7.12. The molecule has 0 amide bonds. The molecule has 1 fully saturated rings. The van der Waals surface area contributed by atoms with Crippen molar-refractivity contribution in [1.82, 2.24) is 20.1 Å². The second-order valence-electron chi connectivity index (χ2n) is 6.91. The molecule has 3 rings (SSSR count). The average molecular weight is 393 g/mol. The van der Waals surface area contributed by atoms with Crippen molar-refractivity contribution in [3.8, 4) is 5.75 Å². The lowest BCUT2D eigenvalue weighted by Crippen LogP contribution is -2.23. The van der Waals surface area contributed by atoms with Crippen molar-refractivity contribution in [2.45, 2.75) is 64.3 Å². The number of carboxylic acids is 1. The number of nitrogens with one attached hydrogen (secondary N) is 1. The van der Waals surface area contributed by atoms with Gasteiger partial charge in [-0.05, 0) is 37.5 Å². The fourth-order valence-electron chi connectivity index (χ4n) is 3.37. The predicted octanol–water partition coefficient (Wildman–Crippen LogP) is 3.58. The van der Waals surface area contributed by atoms with Gasteiger partial charge in [0, 0.05) is 12.6 Å². The summed E-state index contributed by atoms with van der Waals surface area (Å²) < 4.78 is 7.53. The summed E-state index contributed by atoms with van der Waals surface area (Å²) in [6, 6.07) is 5.86. The molecule has 1 unspecified atom stereocenters. The van der Waals surface area contributed by atoms with Crippen molar-refractivity contribution in [1.29, 1.82) is 0 Å². The van der Waals surface area contributed by atoms with Crippen molar-refractivity contribution in [2.24, 2.45) is 0 Å². The minimum Gasteiger partial charge on any atom is -0.479 e. The summed E-state index contributed by atoms with van der Waals surface area (Å²) >= 11 is 6.21. The lowest BCUT2D eigenvalue weighted by atomic mass is 9.95. The highest BCUT2D eigenvalue weighted by atomic mass is 35.5. The van der Waals surface area contributed by atoms with Crippen LogP contribution in [0.25, 0.3) is 0 Å². The van der Waals surface area contributed by atoms with Gasteiger partial charge in [-0.1, -0.05) is 36.9 Å². The summed E-state index contributed by atoms with van der Waals surface area (Å²) in [5, 5.41) is 21.0. The molecule has 8 heteroatoms. The number of aromatic nitrogens is 3. The highest BCUT2D eigenvalue weighted by molar-refractivity contribution is 6.32. The molecule has 1 atom stereocenters. The molecule has 146 valence electrons. The van der Waals surface area contributed by atoms with Gasteiger partial charge < -0.3 is 19.7 Å². The highest BCUT2D eigenvalue weighted by Gasteiger charge is 2.18. The molecule has 0 aliphatic heterocycles. The lowest BCUT2D eigenvalue weighted by molar-refractivity contribution is -0.144. The Kier molecular flexibility index (Phi) is 6.68. The van der Waals surface area contributed by atoms with E-state index in [1.54, 1.807) is 12.1 Å². The number of ether oxygens (including phenoxy) is 1. The zero-order valence-electron chi connectivity index (χ0n) is 15.4. The topological polar surface area (TPSA) is 89.3 Å². The molecule has 0 spiro atoms. The van der Waals surface area contributed by atoms with E-state index in [-0.39, 0.29) is 0 Å². The Morgan fingerprint density at radius 1 is 1.37 bits per heavy atom. The molecule has 2 N–H and O–H groups in total. The molecule has 1 aliphatic rings. The number of rotatable bonds is 8. The van der Waals surface area contributed by atoms with Gasteiger partial charge in [0.2, 0.25) is 0 Å². The number of hydrogen-bond donors (Lipinski definition) is 2. The van der Waals surface area contributed by atoms with Crippen LogP contribution < -0.4 is 10.1 Å². The van der Waals surface area contributed by atoms with Crippen molar-refractivity contribution in [3.63, 3.8) is 0 Å². The van der Waals surface area contributed by atoms with Crippen molar-refractivity contribution >= 4 is 17.6 Å². The van der Waals surface area contributed by atoms with Crippen molar-refractivity contribution < 1.29 is 14.6 Å². The summed E-state index contributed by atoms with van der Waals surface area (Å²) in [4.78, 5) is 10.9. The van der Waals surface area contributed by atoms with Crippen molar-refractivity contribution in [3.05, 3.63) is 40.9 Å². The Morgan fingerprint density at radius 3 is 2.85 bits per heavy atom. The van der Waals surface area contributed by atoms with Gasteiger partial charge in [0.1, 0.15) is 17.9 Å². The van der Waals surface area contributed by atoms with E-state index in [9.17, 15) is 4.79 Å². The molecule has 27 heavy (non-hydrogen) atoms. The first-order valence-corrected chi connectivity index (χ1v) is 9.69. The third kappa shape index (κ3) is 5.20. The maximum atomic E-state index is 10.9. The number of carboxylic acid groups (broad SMARTS) is 1. The Hall–Kier alpha value is -2.12. The fraction of sp³-hybridized carbons (Fsp3) is 0.526. The molecule has 1 aromatic heterocycles. The molecule has 7 nitrogen and oxygen atoms in total. The molecule has 0 radical (unpaired) electrons. The first-order valence-electron chi connectivity index (χ1n) is 9.31. The summed E-state index contributed by atoms with van der Waals surface area (Å²) in [6.45, 7) is 2.71. The van der Waals surface area contributed by atoms with E-state index in [1.807, 2.05) is 12.4 Å². The van der Waals surface area contributed by atoms with Gasteiger partial charge in [-0.2, -0.15) is 0 Å². The Labute approximate surface area is 163 Å². The SMILES string of the molecule is CC(Oc1ccc(CNCc2nncn2C2CCCCC2)cc1Cl)C(=O)O. The first-order chi connectivity index (χ1) is 13.0. The lowest BCUT2D eigenvalue weighted by Gasteiger charge is -2.24. The van der Waals surface area contributed by atoms with Gasteiger partial charge in [-0.15, -0.1) is 10.2 Å². The van der Waals surface area contributed by atoms with Crippen LogP contribution in [0.2, 0.25) is 5.02 Å². The number of benzene rings is 1. The number of nitrogens with zero attached hydrogens (tertiary/aromatic N) is 3. The maximum Gasteiger partial charge on any atom is 0.344 e. The zero-order valence-corrected chi connectivity index (χ0v) is 16.2. The number of halogens is 1.